The largest absolute Gasteiger partial charge is 0.497 e. The van der Waals surface area contributed by atoms with Crippen molar-refractivity contribution < 1.29 is 14.0 Å². The standard InChI is InChI=1S/C21H19N3O4/c1-13-18-19(15-7-9-16(26-2)10-8-15)22-24(21(25)20(18)23-28-13)12-14-5-4-6-17(11-14)27-3/h4-11H,12H2,1-3H3. The zero-order valence-corrected chi connectivity index (χ0v) is 15.8. The van der Waals surface area contributed by atoms with Gasteiger partial charge in [-0.05, 0) is 48.9 Å². The third kappa shape index (κ3) is 3.11. The quantitative estimate of drug-likeness (QED) is 0.530. The average molecular weight is 377 g/mol. The smallest absolute Gasteiger partial charge is 0.297 e. The Kier molecular flexibility index (Phi) is 4.57. The van der Waals surface area contributed by atoms with Crippen LogP contribution >= 0.6 is 0 Å². The van der Waals surface area contributed by atoms with Crippen molar-refractivity contribution in [1.29, 1.82) is 0 Å². The van der Waals surface area contributed by atoms with Crippen LogP contribution in [0.3, 0.4) is 0 Å². The van der Waals surface area contributed by atoms with Gasteiger partial charge in [0.1, 0.15) is 23.0 Å². The number of aromatic nitrogens is 3. The molecule has 0 aliphatic rings. The number of rotatable bonds is 5. The van der Waals surface area contributed by atoms with Crippen LogP contribution in [0.1, 0.15) is 11.3 Å². The zero-order chi connectivity index (χ0) is 19.7. The van der Waals surface area contributed by atoms with E-state index in [-0.39, 0.29) is 11.1 Å². The van der Waals surface area contributed by atoms with Gasteiger partial charge in [-0.3, -0.25) is 4.79 Å². The van der Waals surface area contributed by atoms with Gasteiger partial charge < -0.3 is 14.0 Å². The molecule has 0 aliphatic heterocycles. The summed E-state index contributed by atoms with van der Waals surface area (Å²) < 4.78 is 17.2. The first-order valence-corrected chi connectivity index (χ1v) is 8.75. The van der Waals surface area contributed by atoms with Gasteiger partial charge in [-0.1, -0.05) is 17.3 Å². The van der Waals surface area contributed by atoms with Crippen molar-refractivity contribution in [2.24, 2.45) is 0 Å². The number of ether oxygens (including phenoxy) is 2. The van der Waals surface area contributed by atoms with Crippen molar-refractivity contribution in [3.8, 4) is 22.8 Å². The van der Waals surface area contributed by atoms with Gasteiger partial charge in [0.25, 0.3) is 5.56 Å². The molecule has 0 atom stereocenters. The summed E-state index contributed by atoms with van der Waals surface area (Å²) in [7, 11) is 3.22. The average Bonchev–Trinajstić information content (AvgIpc) is 3.12. The molecule has 0 radical (unpaired) electrons. The van der Waals surface area contributed by atoms with Crippen LogP contribution in [-0.2, 0) is 6.54 Å². The Labute approximate surface area is 161 Å². The second kappa shape index (κ2) is 7.19. The molecular weight excluding hydrogens is 358 g/mol. The van der Waals surface area contributed by atoms with E-state index in [1.54, 1.807) is 21.1 Å². The fourth-order valence-electron chi connectivity index (χ4n) is 3.14. The lowest BCUT2D eigenvalue weighted by molar-refractivity contribution is 0.405. The minimum Gasteiger partial charge on any atom is -0.497 e. The van der Waals surface area contributed by atoms with Gasteiger partial charge in [-0.25, -0.2) is 4.68 Å². The first kappa shape index (κ1) is 17.8. The van der Waals surface area contributed by atoms with E-state index >= 15 is 0 Å². The monoisotopic (exact) mass is 377 g/mol. The molecule has 4 rings (SSSR count). The molecular formula is C21H19N3O4. The number of benzene rings is 2. The summed E-state index contributed by atoms with van der Waals surface area (Å²) in [5.41, 5.74) is 2.35. The lowest BCUT2D eigenvalue weighted by atomic mass is 10.1. The van der Waals surface area contributed by atoms with Crippen molar-refractivity contribution in [1.82, 2.24) is 14.9 Å². The molecule has 7 heteroatoms. The summed E-state index contributed by atoms with van der Waals surface area (Å²) >= 11 is 0. The molecule has 0 fully saturated rings. The van der Waals surface area contributed by atoms with Gasteiger partial charge >= 0.3 is 0 Å². The molecule has 2 aromatic heterocycles. The normalized spacial score (nSPS) is 11.0. The minimum atomic E-state index is -0.299. The van der Waals surface area contributed by atoms with Gasteiger partial charge in [0.05, 0.1) is 26.2 Å². The molecule has 0 unspecified atom stereocenters. The van der Waals surface area contributed by atoms with Crippen LogP contribution in [0.2, 0.25) is 0 Å². The summed E-state index contributed by atoms with van der Waals surface area (Å²) in [6.45, 7) is 2.07. The number of nitrogens with zero attached hydrogens (tertiary/aromatic N) is 3. The van der Waals surface area contributed by atoms with E-state index < -0.39 is 0 Å². The van der Waals surface area contributed by atoms with Crippen molar-refractivity contribution in [3.05, 3.63) is 70.2 Å². The molecule has 0 bridgehead atoms. The predicted molar refractivity (Wildman–Crippen MR) is 105 cm³/mol. The van der Waals surface area contributed by atoms with E-state index in [0.29, 0.717) is 23.4 Å². The third-order valence-corrected chi connectivity index (χ3v) is 4.59. The second-order valence-corrected chi connectivity index (χ2v) is 6.35. The zero-order valence-electron chi connectivity index (χ0n) is 15.8. The van der Waals surface area contributed by atoms with E-state index in [9.17, 15) is 4.79 Å². The predicted octanol–water partition coefficient (Wildman–Crippen LogP) is 3.43. The second-order valence-electron chi connectivity index (χ2n) is 6.35. The van der Waals surface area contributed by atoms with Gasteiger partial charge in [-0.2, -0.15) is 5.10 Å². The number of fused-ring (bicyclic) bond motifs is 1. The van der Waals surface area contributed by atoms with E-state index in [2.05, 4.69) is 10.3 Å². The van der Waals surface area contributed by atoms with Crippen LogP contribution in [0.15, 0.2) is 57.8 Å². The molecule has 0 aliphatic carbocycles. The van der Waals surface area contributed by atoms with Gasteiger partial charge in [-0.15, -0.1) is 0 Å². The number of hydrogen-bond donors (Lipinski definition) is 0. The summed E-state index contributed by atoms with van der Waals surface area (Å²) in [5, 5.41) is 9.23. The molecule has 2 heterocycles. The summed E-state index contributed by atoms with van der Waals surface area (Å²) in [6, 6.07) is 15.0. The highest BCUT2D eigenvalue weighted by Gasteiger charge is 2.19. The van der Waals surface area contributed by atoms with Crippen LogP contribution in [0.25, 0.3) is 22.2 Å². The van der Waals surface area contributed by atoms with Crippen LogP contribution in [0.4, 0.5) is 0 Å². The van der Waals surface area contributed by atoms with Crippen LogP contribution < -0.4 is 15.0 Å². The van der Waals surface area contributed by atoms with Gasteiger partial charge in [0.2, 0.25) is 0 Å². The van der Waals surface area contributed by atoms with Crippen molar-refractivity contribution >= 4 is 10.9 Å². The molecule has 4 aromatic rings. The summed E-state index contributed by atoms with van der Waals surface area (Å²) in [4.78, 5) is 12.9. The number of methoxy groups -OCH3 is 2. The molecule has 2 aromatic carbocycles. The molecule has 0 saturated heterocycles. The summed E-state index contributed by atoms with van der Waals surface area (Å²) in [6.07, 6.45) is 0. The highest BCUT2D eigenvalue weighted by Crippen LogP contribution is 2.28. The molecule has 0 amide bonds. The Morgan fingerprint density at radius 3 is 2.50 bits per heavy atom. The first-order chi connectivity index (χ1) is 13.6. The Hall–Kier alpha value is -3.61. The molecule has 7 nitrogen and oxygen atoms in total. The number of aryl methyl sites for hydroxylation is 1. The topological polar surface area (TPSA) is 79.4 Å². The molecule has 0 spiro atoms. The molecule has 142 valence electrons. The maximum absolute atomic E-state index is 12.9. The minimum absolute atomic E-state index is 0.265. The molecule has 0 N–H and O–H groups in total. The van der Waals surface area contributed by atoms with Crippen LogP contribution in [0.5, 0.6) is 11.5 Å². The Balaban J connectivity index is 1.87. The van der Waals surface area contributed by atoms with Crippen molar-refractivity contribution in [2.45, 2.75) is 13.5 Å². The lowest BCUT2D eigenvalue weighted by Gasteiger charge is -2.10. The van der Waals surface area contributed by atoms with Crippen molar-refractivity contribution in [2.75, 3.05) is 14.2 Å². The highest BCUT2D eigenvalue weighted by molar-refractivity contribution is 5.93. The number of hydrogen-bond acceptors (Lipinski definition) is 6. The van der Waals surface area contributed by atoms with E-state index in [0.717, 1.165) is 22.6 Å². The Morgan fingerprint density at radius 1 is 1.04 bits per heavy atom. The maximum Gasteiger partial charge on any atom is 0.297 e. The van der Waals surface area contributed by atoms with E-state index in [1.807, 2.05) is 48.5 Å². The Morgan fingerprint density at radius 2 is 1.79 bits per heavy atom. The molecule has 28 heavy (non-hydrogen) atoms. The highest BCUT2D eigenvalue weighted by atomic mass is 16.5. The lowest BCUT2D eigenvalue weighted by Crippen LogP contribution is -2.24. The van der Waals surface area contributed by atoms with E-state index in [1.165, 1.54) is 4.68 Å². The van der Waals surface area contributed by atoms with Crippen molar-refractivity contribution in [3.63, 3.8) is 0 Å². The van der Waals surface area contributed by atoms with Crippen LogP contribution in [0, 0.1) is 6.92 Å². The van der Waals surface area contributed by atoms with E-state index in [4.69, 9.17) is 14.0 Å². The van der Waals surface area contributed by atoms with Crippen LogP contribution in [-0.4, -0.2) is 29.2 Å². The SMILES string of the molecule is COc1ccc(-c2nn(Cc3cccc(OC)c3)c(=O)c3noc(C)c23)cc1. The van der Waals surface area contributed by atoms with Gasteiger partial charge in [0.15, 0.2) is 5.52 Å². The fraction of sp³-hybridized carbons (Fsp3) is 0.190. The van der Waals surface area contributed by atoms with Gasteiger partial charge in [0, 0.05) is 5.56 Å². The first-order valence-electron chi connectivity index (χ1n) is 8.75. The summed E-state index contributed by atoms with van der Waals surface area (Å²) in [5.74, 6) is 2.02. The third-order valence-electron chi connectivity index (χ3n) is 4.59. The fourth-order valence-corrected chi connectivity index (χ4v) is 3.14. The molecule has 0 saturated carbocycles. The maximum atomic E-state index is 12.9. The Bertz CT molecular complexity index is 1190.